The summed E-state index contributed by atoms with van der Waals surface area (Å²) in [5, 5.41) is 12.9. The van der Waals surface area contributed by atoms with Gasteiger partial charge in [-0.3, -0.25) is 0 Å². The molecule has 2 rings (SSSR count). The number of aromatic nitrogens is 2. The highest BCUT2D eigenvalue weighted by Crippen LogP contribution is 2.26. The minimum atomic E-state index is -0.970. The molecular weight excluding hydrogens is 278 g/mol. The fourth-order valence-corrected chi connectivity index (χ4v) is 2.19. The van der Waals surface area contributed by atoms with Gasteiger partial charge in [-0.15, -0.1) is 0 Å². The van der Waals surface area contributed by atoms with Crippen molar-refractivity contribution in [2.75, 3.05) is 5.32 Å². The van der Waals surface area contributed by atoms with E-state index in [0.717, 1.165) is 13.0 Å². The van der Waals surface area contributed by atoms with Gasteiger partial charge in [-0.2, -0.15) is 0 Å². The average Bonchev–Trinajstić information content (AvgIpc) is 2.86. The van der Waals surface area contributed by atoms with E-state index in [1.807, 2.05) is 11.5 Å². The lowest BCUT2D eigenvalue weighted by atomic mass is 10.2. The monoisotopic (exact) mass is 293 g/mol. The van der Waals surface area contributed by atoms with Crippen molar-refractivity contribution in [2.45, 2.75) is 25.9 Å². The second-order valence-corrected chi connectivity index (χ2v) is 4.81. The Bertz CT molecular complexity index is 598. The van der Waals surface area contributed by atoms with Crippen molar-refractivity contribution in [1.29, 1.82) is 0 Å². The number of carboxylic acids is 1. The van der Waals surface area contributed by atoms with Crippen LogP contribution in [0.2, 0.25) is 5.02 Å². The van der Waals surface area contributed by atoms with Crippen LogP contribution in [-0.4, -0.2) is 20.6 Å². The molecule has 0 saturated heterocycles. The predicted molar refractivity (Wildman–Crippen MR) is 78.0 cm³/mol. The first-order valence-corrected chi connectivity index (χ1v) is 6.75. The Labute approximate surface area is 122 Å². The van der Waals surface area contributed by atoms with Crippen LogP contribution in [0.15, 0.2) is 36.8 Å². The summed E-state index contributed by atoms with van der Waals surface area (Å²) in [7, 11) is 0. The SMILES string of the molecule is CCCn1cncc1C(Nc1ccccc1Cl)C(=O)O. The maximum Gasteiger partial charge on any atom is 0.332 e. The van der Waals surface area contributed by atoms with E-state index in [1.54, 1.807) is 36.8 Å². The van der Waals surface area contributed by atoms with Gasteiger partial charge in [-0.25, -0.2) is 9.78 Å². The fraction of sp³-hybridized carbons (Fsp3) is 0.286. The van der Waals surface area contributed by atoms with Crippen molar-refractivity contribution >= 4 is 23.3 Å². The van der Waals surface area contributed by atoms with Crippen LogP contribution < -0.4 is 5.32 Å². The van der Waals surface area contributed by atoms with Gasteiger partial charge >= 0.3 is 5.97 Å². The molecule has 1 aromatic heterocycles. The highest BCUT2D eigenvalue weighted by atomic mass is 35.5. The quantitative estimate of drug-likeness (QED) is 0.858. The number of imidazole rings is 1. The van der Waals surface area contributed by atoms with Gasteiger partial charge in [0, 0.05) is 6.54 Å². The molecule has 1 atom stereocenters. The smallest absolute Gasteiger partial charge is 0.332 e. The number of rotatable bonds is 6. The molecule has 0 amide bonds. The minimum absolute atomic E-state index is 0.486. The summed E-state index contributed by atoms with van der Waals surface area (Å²) in [6.45, 7) is 2.75. The van der Waals surface area contributed by atoms with Crippen molar-refractivity contribution in [1.82, 2.24) is 9.55 Å². The lowest BCUT2D eigenvalue weighted by molar-refractivity contribution is -0.138. The lowest BCUT2D eigenvalue weighted by Gasteiger charge is -2.18. The number of nitrogens with zero attached hydrogens (tertiary/aromatic N) is 2. The molecular formula is C14H16ClN3O2. The van der Waals surface area contributed by atoms with Gasteiger partial charge in [-0.1, -0.05) is 30.7 Å². The molecule has 0 saturated carbocycles. The van der Waals surface area contributed by atoms with Crippen LogP contribution in [0.4, 0.5) is 5.69 Å². The number of anilines is 1. The molecule has 0 radical (unpaired) electrons. The Morgan fingerprint density at radius 3 is 2.90 bits per heavy atom. The third-order valence-electron chi connectivity index (χ3n) is 2.93. The molecule has 1 unspecified atom stereocenters. The molecule has 0 aliphatic heterocycles. The molecule has 2 N–H and O–H groups in total. The largest absolute Gasteiger partial charge is 0.479 e. The number of para-hydroxylation sites is 1. The zero-order chi connectivity index (χ0) is 14.5. The number of hydrogen-bond acceptors (Lipinski definition) is 3. The maximum absolute atomic E-state index is 11.5. The first kappa shape index (κ1) is 14.4. The number of hydrogen-bond donors (Lipinski definition) is 2. The van der Waals surface area contributed by atoms with Crippen molar-refractivity contribution in [3.05, 3.63) is 47.5 Å². The Kier molecular flexibility index (Phi) is 4.63. The van der Waals surface area contributed by atoms with Gasteiger partial charge < -0.3 is 15.0 Å². The molecule has 106 valence electrons. The van der Waals surface area contributed by atoms with Crippen molar-refractivity contribution in [3.8, 4) is 0 Å². The van der Waals surface area contributed by atoms with Gasteiger partial charge in [0.2, 0.25) is 0 Å². The van der Waals surface area contributed by atoms with Gasteiger partial charge in [0.1, 0.15) is 0 Å². The number of carboxylic acid groups (broad SMARTS) is 1. The molecule has 2 aromatic rings. The molecule has 0 spiro atoms. The van der Waals surface area contributed by atoms with Crippen LogP contribution in [0.5, 0.6) is 0 Å². The zero-order valence-electron chi connectivity index (χ0n) is 11.1. The lowest BCUT2D eigenvalue weighted by Crippen LogP contribution is -2.23. The highest BCUT2D eigenvalue weighted by molar-refractivity contribution is 6.33. The number of nitrogens with one attached hydrogen (secondary N) is 1. The summed E-state index contributed by atoms with van der Waals surface area (Å²) in [5.74, 6) is -0.970. The van der Waals surface area contributed by atoms with Crippen LogP contribution in [0.25, 0.3) is 0 Å². The fourth-order valence-electron chi connectivity index (χ4n) is 2.00. The van der Waals surface area contributed by atoms with Crippen LogP contribution >= 0.6 is 11.6 Å². The third-order valence-corrected chi connectivity index (χ3v) is 3.26. The van der Waals surface area contributed by atoms with Gasteiger partial charge in [0.25, 0.3) is 0 Å². The van der Waals surface area contributed by atoms with Gasteiger partial charge in [-0.05, 0) is 18.6 Å². The standard InChI is InChI=1S/C14H16ClN3O2/c1-2-7-18-9-16-8-12(18)13(14(19)20)17-11-6-4-3-5-10(11)15/h3-6,8-9,13,17H,2,7H2,1H3,(H,19,20). The Morgan fingerprint density at radius 2 is 2.25 bits per heavy atom. The van der Waals surface area contributed by atoms with Crippen LogP contribution in [0.1, 0.15) is 25.1 Å². The first-order valence-electron chi connectivity index (χ1n) is 6.37. The molecule has 0 bridgehead atoms. The van der Waals surface area contributed by atoms with E-state index in [4.69, 9.17) is 11.6 Å². The molecule has 0 aliphatic rings. The Balaban J connectivity index is 2.30. The summed E-state index contributed by atoms with van der Waals surface area (Å²) in [6.07, 6.45) is 4.11. The predicted octanol–water partition coefficient (Wildman–Crippen LogP) is 3.18. The van der Waals surface area contributed by atoms with Crippen LogP contribution in [-0.2, 0) is 11.3 Å². The number of halogens is 1. The Morgan fingerprint density at radius 1 is 1.50 bits per heavy atom. The summed E-state index contributed by atoms with van der Waals surface area (Å²) >= 11 is 6.06. The maximum atomic E-state index is 11.5. The van der Waals surface area contributed by atoms with E-state index in [2.05, 4.69) is 10.3 Å². The topological polar surface area (TPSA) is 67.2 Å². The first-order chi connectivity index (χ1) is 9.63. The number of carbonyl (C=O) groups is 1. The molecule has 0 aliphatic carbocycles. The molecule has 1 heterocycles. The molecule has 0 fully saturated rings. The average molecular weight is 294 g/mol. The second kappa shape index (κ2) is 6.43. The van der Waals surface area contributed by atoms with Crippen molar-refractivity contribution in [2.24, 2.45) is 0 Å². The molecule has 5 nitrogen and oxygen atoms in total. The highest BCUT2D eigenvalue weighted by Gasteiger charge is 2.23. The summed E-state index contributed by atoms with van der Waals surface area (Å²) in [4.78, 5) is 15.6. The molecule has 20 heavy (non-hydrogen) atoms. The van der Waals surface area contributed by atoms with E-state index in [9.17, 15) is 9.90 Å². The normalized spacial score (nSPS) is 12.1. The van der Waals surface area contributed by atoms with E-state index in [0.29, 0.717) is 16.4 Å². The zero-order valence-corrected chi connectivity index (χ0v) is 11.8. The number of benzene rings is 1. The second-order valence-electron chi connectivity index (χ2n) is 4.41. The summed E-state index contributed by atoms with van der Waals surface area (Å²) in [5.41, 5.74) is 1.20. The van der Waals surface area contributed by atoms with Crippen LogP contribution in [0.3, 0.4) is 0 Å². The van der Waals surface area contributed by atoms with Crippen molar-refractivity contribution in [3.63, 3.8) is 0 Å². The van der Waals surface area contributed by atoms with E-state index in [-0.39, 0.29) is 0 Å². The molecule has 1 aromatic carbocycles. The van der Waals surface area contributed by atoms with Crippen molar-refractivity contribution < 1.29 is 9.90 Å². The van der Waals surface area contributed by atoms with E-state index >= 15 is 0 Å². The van der Waals surface area contributed by atoms with E-state index in [1.165, 1.54) is 0 Å². The summed E-state index contributed by atoms with van der Waals surface area (Å²) < 4.78 is 1.84. The van der Waals surface area contributed by atoms with Gasteiger partial charge in [0.05, 0.1) is 28.9 Å². The third kappa shape index (κ3) is 3.11. The summed E-state index contributed by atoms with van der Waals surface area (Å²) in [6, 6.07) is 6.18. The van der Waals surface area contributed by atoms with Gasteiger partial charge in [0.15, 0.2) is 6.04 Å². The minimum Gasteiger partial charge on any atom is -0.479 e. The number of aliphatic carboxylic acids is 1. The molecule has 6 heteroatoms. The van der Waals surface area contributed by atoms with E-state index < -0.39 is 12.0 Å². The van der Waals surface area contributed by atoms with Crippen LogP contribution in [0, 0.1) is 0 Å². The number of aryl methyl sites for hydroxylation is 1. The Hall–Kier alpha value is -2.01.